The summed E-state index contributed by atoms with van der Waals surface area (Å²) in [6.07, 6.45) is 0. The Balaban J connectivity index is 4.14. The van der Waals surface area contributed by atoms with Crippen LogP contribution < -0.4 is 0 Å². The maximum Gasteiger partial charge on any atom is 0.335 e. The van der Waals surface area contributed by atoms with Crippen molar-refractivity contribution in [3.63, 3.8) is 0 Å². The van der Waals surface area contributed by atoms with Gasteiger partial charge < -0.3 is 8.85 Å². The average Bonchev–Trinajstić information content (AvgIpc) is 1.84. The van der Waals surface area contributed by atoms with Gasteiger partial charge in [-0.2, -0.15) is 0 Å². The lowest BCUT2D eigenvalue weighted by Gasteiger charge is -2.31. The number of rotatable bonds is 4. The molecule has 1 atom stereocenters. The van der Waals surface area contributed by atoms with Crippen LogP contribution in [0.2, 0.25) is 12.6 Å². The van der Waals surface area contributed by atoms with Gasteiger partial charge in [-0.25, -0.2) is 0 Å². The van der Waals surface area contributed by atoms with Crippen LogP contribution in [-0.4, -0.2) is 22.3 Å². The third kappa shape index (κ3) is 4.90. The van der Waals surface area contributed by atoms with Gasteiger partial charge in [0.2, 0.25) is 0 Å². The monoisotopic (exact) mass is 190 g/mol. The molecule has 0 spiro atoms. The van der Waals surface area contributed by atoms with E-state index in [4.69, 9.17) is 8.85 Å². The van der Waals surface area contributed by atoms with Crippen LogP contribution >= 0.6 is 0 Å². The Morgan fingerprint density at radius 3 is 2.00 bits per heavy atom. The fourth-order valence-electron chi connectivity index (χ4n) is 1.45. The molecule has 2 nitrogen and oxygen atoms in total. The Kier molecular flexibility index (Phi) is 4.44. The highest BCUT2D eigenvalue weighted by atomic mass is 28.4. The largest absolute Gasteiger partial charge is 0.398 e. The summed E-state index contributed by atoms with van der Waals surface area (Å²) in [6, 6.07) is 1.05. The molecule has 0 aliphatic heterocycles. The predicted molar refractivity (Wildman–Crippen MR) is 54.5 cm³/mol. The molecule has 0 radical (unpaired) electrons. The molecule has 0 aromatic rings. The summed E-state index contributed by atoms with van der Waals surface area (Å²) in [5.41, 5.74) is 0.298. The molecule has 0 aliphatic carbocycles. The van der Waals surface area contributed by atoms with Crippen LogP contribution in [0.25, 0.3) is 0 Å². The summed E-state index contributed by atoms with van der Waals surface area (Å²) in [6.45, 7) is 11.6. The molecule has 1 unspecified atom stereocenters. The molecular formula is C9H22O2Si. The molecule has 74 valence electrons. The van der Waals surface area contributed by atoms with Crippen LogP contribution in [0.5, 0.6) is 0 Å². The highest BCUT2D eigenvalue weighted by Gasteiger charge is 2.34. The van der Waals surface area contributed by atoms with Crippen molar-refractivity contribution in [2.75, 3.05) is 13.7 Å². The Morgan fingerprint density at radius 2 is 1.75 bits per heavy atom. The first kappa shape index (κ1) is 12.1. The van der Waals surface area contributed by atoms with Gasteiger partial charge in [0.05, 0.1) is 0 Å². The molecule has 0 aromatic carbocycles. The number of hydrogen-bond acceptors (Lipinski definition) is 2. The zero-order chi connectivity index (χ0) is 9.83. The summed E-state index contributed by atoms with van der Waals surface area (Å²) in [7, 11) is -0.101. The van der Waals surface area contributed by atoms with E-state index in [-0.39, 0.29) is 0 Å². The van der Waals surface area contributed by atoms with Crippen molar-refractivity contribution in [3.8, 4) is 0 Å². The topological polar surface area (TPSA) is 18.5 Å². The fraction of sp³-hybridized carbons (Fsp3) is 1.00. The first-order chi connectivity index (χ1) is 5.33. The number of hydrogen-bond donors (Lipinski definition) is 0. The minimum absolute atomic E-state index is 0.298. The SMILES string of the molecule is CCO[Si](C)(CC(C)(C)C)OC. The van der Waals surface area contributed by atoms with Crippen molar-refractivity contribution in [1.29, 1.82) is 0 Å². The van der Waals surface area contributed by atoms with E-state index in [0.29, 0.717) is 5.41 Å². The van der Waals surface area contributed by atoms with Gasteiger partial charge in [-0.1, -0.05) is 20.8 Å². The molecule has 0 saturated carbocycles. The second-order valence-corrected chi connectivity index (χ2v) is 7.83. The van der Waals surface area contributed by atoms with Crippen molar-refractivity contribution in [2.24, 2.45) is 5.41 Å². The van der Waals surface area contributed by atoms with E-state index in [0.717, 1.165) is 12.7 Å². The Bertz CT molecular complexity index is 131. The standard InChI is InChI=1S/C9H22O2Si/c1-7-11-12(6,10-5)8-9(2,3)4/h7-8H2,1-6H3. The lowest BCUT2D eigenvalue weighted by molar-refractivity contribution is 0.201. The van der Waals surface area contributed by atoms with Gasteiger partial charge in [-0.3, -0.25) is 0 Å². The molecule has 12 heavy (non-hydrogen) atoms. The third-order valence-electron chi connectivity index (χ3n) is 1.73. The van der Waals surface area contributed by atoms with E-state index in [9.17, 15) is 0 Å². The van der Waals surface area contributed by atoms with Crippen LogP contribution in [0.4, 0.5) is 0 Å². The second kappa shape index (κ2) is 4.39. The van der Waals surface area contributed by atoms with Gasteiger partial charge in [0.15, 0.2) is 0 Å². The summed E-state index contributed by atoms with van der Waals surface area (Å²) < 4.78 is 11.1. The Morgan fingerprint density at radius 1 is 1.25 bits per heavy atom. The van der Waals surface area contributed by atoms with E-state index >= 15 is 0 Å². The van der Waals surface area contributed by atoms with Crippen molar-refractivity contribution < 1.29 is 8.85 Å². The smallest absolute Gasteiger partial charge is 0.335 e. The molecule has 0 rings (SSSR count). The van der Waals surface area contributed by atoms with Crippen LogP contribution in [0.3, 0.4) is 0 Å². The van der Waals surface area contributed by atoms with E-state index in [2.05, 4.69) is 27.3 Å². The zero-order valence-electron chi connectivity index (χ0n) is 9.23. The van der Waals surface area contributed by atoms with Crippen LogP contribution in [0.15, 0.2) is 0 Å². The molecular weight excluding hydrogens is 168 g/mol. The van der Waals surface area contributed by atoms with Crippen LogP contribution in [0.1, 0.15) is 27.7 Å². The van der Waals surface area contributed by atoms with Gasteiger partial charge in [0, 0.05) is 13.7 Å². The van der Waals surface area contributed by atoms with Gasteiger partial charge in [-0.05, 0) is 24.9 Å². The predicted octanol–water partition coefficient (Wildman–Crippen LogP) is 2.79. The molecule has 0 bridgehead atoms. The quantitative estimate of drug-likeness (QED) is 0.635. The summed E-state index contributed by atoms with van der Waals surface area (Å²) in [5.74, 6) is 0. The van der Waals surface area contributed by atoms with E-state index in [1.54, 1.807) is 7.11 Å². The van der Waals surface area contributed by atoms with E-state index < -0.39 is 8.56 Å². The average molecular weight is 190 g/mol. The van der Waals surface area contributed by atoms with Gasteiger partial charge in [-0.15, -0.1) is 0 Å². The van der Waals surface area contributed by atoms with E-state index in [1.165, 1.54) is 0 Å². The van der Waals surface area contributed by atoms with Crippen molar-refractivity contribution >= 4 is 8.56 Å². The Hall–Kier alpha value is 0.137. The van der Waals surface area contributed by atoms with E-state index in [1.807, 2.05) is 6.92 Å². The van der Waals surface area contributed by atoms with Gasteiger partial charge in [0.25, 0.3) is 0 Å². The minimum Gasteiger partial charge on any atom is -0.398 e. The summed E-state index contributed by atoms with van der Waals surface area (Å²) in [4.78, 5) is 0. The Labute approximate surface area is 77.5 Å². The lowest BCUT2D eigenvalue weighted by Crippen LogP contribution is -2.40. The van der Waals surface area contributed by atoms with Crippen molar-refractivity contribution in [1.82, 2.24) is 0 Å². The maximum absolute atomic E-state index is 5.67. The van der Waals surface area contributed by atoms with Gasteiger partial charge >= 0.3 is 8.56 Å². The molecule has 0 fully saturated rings. The van der Waals surface area contributed by atoms with Crippen LogP contribution in [-0.2, 0) is 8.85 Å². The molecule has 3 heteroatoms. The van der Waals surface area contributed by atoms with Gasteiger partial charge in [0.1, 0.15) is 0 Å². The zero-order valence-corrected chi connectivity index (χ0v) is 10.2. The molecule has 0 N–H and O–H groups in total. The molecule has 0 amide bonds. The molecule has 0 aliphatic rings. The summed E-state index contributed by atoms with van der Waals surface area (Å²) >= 11 is 0. The van der Waals surface area contributed by atoms with Crippen molar-refractivity contribution in [2.45, 2.75) is 40.3 Å². The molecule has 0 heterocycles. The maximum atomic E-state index is 5.67. The third-order valence-corrected chi connectivity index (χ3v) is 5.20. The highest BCUT2D eigenvalue weighted by molar-refractivity contribution is 6.66. The van der Waals surface area contributed by atoms with Crippen molar-refractivity contribution in [3.05, 3.63) is 0 Å². The normalized spacial score (nSPS) is 17.5. The lowest BCUT2D eigenvalue weighted by atomic mass is 10.0. The molecule has 0 aromatic heterocycles. The second-order valence-electron chi connectivity index (χ2n) is 4.51. The summed E-state index contributed by atoms with van der Waals surface area (Å²) in [5, 5.41) is 0. The minimum atomic E-state index is -1.86. The fourth-order valence-corrected chi connectivity index (χ4v) is 4.35. The first-order valence-electron chi connectivity index (χ1n) is 4.52. The highest BCUT2D eigenvalue weighted by Crippen LogP contribution is 2.28. The van der Waals surface area contributed by atoms with Crippen LogP contribution in [0, 0.1) is 5.41 Å². The molecule has 0 saturated heterocycles. The first-order valence-corrected chi connectivity index (χ1v) is 7.04.